The van der Waals surface area contributed by atoms with E-state index in [0.717, 1.165) is 12.8 Å². The molecule has 0 aromatic carbocycles. The zero-order valence-electron chi connectivity index (χ0n) is 8.70. The van der Waals surface area contributed by atoms with E-state index in [1.165, 1.54) is 0 Å². The third kappa shape index (κ3) is 2.68. The first-order valence-corrected chi connectivity index (χ1v) is 5.38. The van der Waals surface area contributed by atoms with Crippen LogP contribution >= 0.6 is 0 Å². The highest BCUT2D eigenvalue weighted by atomic mass is 16.6. The Morgan fingerprint density at radius 1 is 1.47 bits per heavy atom. The van der Waals surface area contributed by atoms with Crippen molar-refractivity contribution < 1.29 is 19.4 Å². The van der Waals surface area contributed by atoms with Crippen molar-refractivity contribution >= 4 is 5.91 Å². The zero-order chi connectivity index (χ0) is 10.7. The predicted octanol–water partition coefficient (Wildman–Crippen LogP) is -0.567. The van der Waals surface area contributed by atoms with Gasteiger partial charge in [-0.2, -0.15) is 0 Å². The van der Waals surface area contributed by atoms with Crippen molar-refractivity contribution in [3.05, 3.63) is 0 Å². The molecule has 1 amide bonds. The van der Waals surface area contributed by atoms with Crippen LogP contribution in [0.25, 0.3) is 0 Å². The van der Waals surface area contributed by atoms with Crippen molar-refractivity contribution in [1.82, 2.24) is 5.32 Å². The van der Waals surface area contributed by atoms with Crippen molar-refractivity contribution in [3.8, 4) is 0 Å². The fourth-order valence-corrected chi connectivity index (χ4v) is 1.78. The highest BCUT2D eigenvalue weighted by molar-refractivity contribution is 5.82. The Bertz CT molecular complexity index is 234. The van der Waals surface area contributed by atoms with Crippen LogP contribution in [-0.4, -0.2) is 49.1 Å². The van der Waals surface area contributed by atoms with E-state index in [4.69, 9.17) is 14.6 Å². The van der Waals surface area contributed by atoms with Crippen molar-refractivity contribution in [1.29, 1.82) is 0 Å². The highest BCUT2D eigenvalue weighted by Crippen LogP contribution is 2.38. The molecule has 0 radical (unpaired) electrons. The van der Waals surface area contributed by atoms with Crippen LogP contribution in [0.4, 0.5) is 0 Å². The number of aliphatic hydroxyl groups is 1. The lowest BCUT2D eigenvalue weighted by Gasteiger charge is -2.25. The molecule has 1 aliphatic heterocycles. The summed E-state index contributed by atoms with van der Waals surface area (Å²) in [4.78, 5) is 11.7. The third-order valence-corrected chi connectivity index (χ3v) is 2.94. The lowest BCUT2D eigenvalue weighted by molar-refractivity contribution is -0.148. The minimum Gasteiger partial charge on any atom is -0.396 e. The van der Waals surface area contributed by atoms with Crippen molar-refractivity contribution in [2.45, 2.75) is 30.9 Å². The second kappa shape index (κ2) is 4.47. The molecule has 86 valence electrons. The van der Waals surface area contributed by atoms with Gasteiger partial charge < -0.3 is 19.9 Å². The Morgan fingerprint density at radius 3 is 2.80 bits per heavy atom. The Labute approximate surface area is 88.7 Å². The summed E-state index contributed by atoms with van der Waals surface area (Å²) in [6.07, 6.45) is 2.06. The Hall–Kier alpha value is -0.650. The van der Waals surface area contributed by atoms with E-state index in [-0.39, 0.29) is 18.1 Å². The van der Waals surface area contributed by atoms with Gasteiger partial charge in [0, 0.05) is 12.1 Å². The molecule has 0 spiro atoms. The van der Waals surface area contributed by atoms with Gasteiger partial charge in [-0.15, -0.1) is 0 Å². The topological polar surface area (TPSA) is 67.8 Å². The van der Waals surface area contributed by atoms with Gasteiger partial charge in [-0.1, -0.05) is 0 Å². The average Bonchev–Trinajstić information content (AvgIpc) is 3.00. The minimum absolute atomic E-state index is 0.111. The number of hydrogen-bond acceptors (Lipinski definition) is 4. The van der Waals surface area contributed by atoms with Gasteiger partial charge in [0.2, 0.25) is 0 Å². The SMILES string of the molecule is O=C(NC1(CCO)CC1)C1COCCO1. The molecule has 1 saturated heterocycles. The predicted molar refractivity (Wildman–Crippen MR) is 52.4 cm³/mol. The van der Waals surface area contributed by atoms with Gasteiger partial charge in [0.15, 0.2) is 6.10 Å². The second-order valence-electron chi connectivity index (χ2n) is 4.18. The molecule has 2 aliphatic rings. The Balaban J connectivity index is 1.80. The fourth-order valence-electron chi connectivity index (χ4n) is 1.78. The third-order valence-electron chi connectivity index (χ3n) is 2.94. The molecule has 5 nitrogen and oxygen atoms in total. The number of carbonyl (C=O) groups excluding carboxylic acids is 1. The molecule has 2 N–H and O–H groups in total. The summed E-state index contributed by atoms with van der Waals surface area (Å²) in [5.74, 6) is -0.111. The molecule has 2 fully saturated rings. The quantitative estimate of drug-likeness (QED) is 0.659. The van der Waals surface area contributed by atoms with Crippen LogP contribution in [0, 0.1) is 0 Å². The van der Waals surface area contributed by atoms with Crippen LogP contribution in [0.1, 0.15) is 19.3 Å². The lowest BCUT2D eigenvalue weighted by Crippen LogP contribution is -2.48. The molecule has 1 atom stereocenters. The monoisotopic (exact) mass is 215 g/mol. The van der Waals surface area contributed by atoms with Gasteiger partial charge in [0.05, 0.1) is 19.8 Å². The van der Waals surface area contributed by atoms with E-state index >= 15 is 0 Å². The van der Waals surface area contributed by atoms with E-state index in [2.05, 4.69) is 5.32 Å². The van der Waals surface area contributed by atoms with Crippen LogP contribution in [0.2, 0.25) is 0 Å². The van der Waals surface area contributed by atoms with E-state index in [9.17, 15) is 4.79 Å². The molecule has 5 heteroatoms. The summed E-state index contributed by atoms with van der Waals surface area (Å²) < 4.78 is 10.5. The number of rotatable bonds is 4. The number of ether oxygens (including phenoxy) is 2. The summed E-state index contributed by atoms with van der Waals surface area (Å²) in [6, 6.07) is 0. The van der Waals surface area contributed by atoms with Crippen LogP contribution in [0.3, 0.4) is 0 Å². The largest absolute Gasteiger partial charge is 0.396 e. The Morgan fingerprint density at radius 2 is 2.27 bits per heavy atom. The summed E-state index contributed by atoms with van der Waals surface area (Å²) in [6.45, 7) is 1.49. The maximum atomic E-state index is 11.7. The molecule has 1 heterocycles. The van der Waals surface area contributed by atoms with Gasteiger partial charge in [-0.25, -0.2) is 0 Å². The molecule has 1 saturated carbocycles. The normalized spacial score (nSPS) is 28.5. The number of hydrogen-bond donors (Lipinski definition) is 2. The van der Waals surface area contributed by atoms with Crippen LogP contribution < -0.4 is 5.32 Å². The molecule has 0 aromatic heterocycles. The summed E-state index contributed by atoms with van der Waals surface area (Å²) in [5, 5.41) is 11.8. The standard InChI is InChI=1S/C10H17NO4/c12-4-3-10(1-2-10)11-9(13)8-7-14-5-6-15-8/h8,12H,1-7H2,(H,11,13). The summed E-state index contributed by atoms with van der Waals surface area (Å²) in [7, 11) is 0. The van der Waals surface area contributed by atoms with Gasteiger partial charge in [0.1, 0.15) is 0 Å². The van der Waals surface area contributed by atoms with Gasteiger partial charge in [-0.3, -0.25) is 4.79 Å². The molecular formula is C10H17NO4. The number of aliphatic hydroxyl groups excluding tert-OH is 1. The first-order chi connectivity index (χ1) is 7.26. The van der Waals surface area contributed by atoms with E-state index < -0.39 is 6.10 Å². The summed E-state index contributed by atoms with van der Waals surface area (Å²) >= 11 is 0. The smallest absolute Gasteiger partial charge is 0.251 e. The zero-order valence-corrected chi connectivity index (χ0v) is 8.70. The summed E-state index contributed by atoms with van der Waals surface area (Å²) in [5.41, 5.74) is -0.160. The van der Waals surface area contributed by atoms with E-state index in [0.29, 0.717) is 26.2 Å². The average molecular weight is 215 g/mol. The maximum Gasteiger partial charge on any atom is 0.251 e. The van der Waals surface area contributed by atoms with Gasteiger partial charge in [-0.05, 0) is 19.3 Å². The van der Waals surface area contributed by atoms with Gasteiger partial charge >= 0.3 is 0 Å². The Kier molecular flexibility index (Phi) is 3.23. The second-order valence-corrected chi connectivity index (χ2v) is 4.18. The fraction of sp³-hybridized carbons (Fsp3) is 0.900. The molecule has 0 bridgehead atoms. The molecule has 1 aliphatic carbocycles. The minimum atomic E-state index is -0.477. The van der Waals surface area contributed by atoms with Gasteiger partial charge in [0.25, 0.3) is 5.91 Å². The number of amides is 1. The van der Waals surface area contributed by atoms with E-state index in [1.54, 1.807) is 0 Å². The maximum absolute atomic E-state index is 11.7. The van der Waals surface area contributed by atoms with Crippen molar-refractivity contribution in [3.63, 3.8) is 0 Å². The van der Waals surface area contributed by atoms with E-state index in [1.807, 2.05) is 0 Å². The van der Waals surface area contributed by atoms with Crippen LogP contribution in [0.15, 0.2) is 0 Å². The molecule has 2 rings (SSSR count). The molecular weight excluding hydrogens is 198 g/mol. The van der Waals surface area contributed by atoms with Crippen LogP contribution in [-0.2, 0) is 14.3 Å². The van der Waals surface area contributed by atoms with Crippen molar-refractivity contribution in [2.75, 3.05) is 26.4 Å². The number of carbonyl (C=O) groups is 1. The molecule has 1 unspecified atom stereocenters. The molecule has 15 heavy (non-hydrogen) atoms. The lowest BCUT2D eigenvalue weighted by atomic mass is 10.1. The van der Waals surface area contributed by atoms with Crippen molar-refractivity contribution in [2.24, 2.45) is 0 Å². The molecule has 0 aromatic rings. The number of nitrogens with one attached hydrogen (secondary N) is 1. The first kappa shape index (κ1) is 10.9. The van der Waals surface area contributed by atoms with Crippen LogP contribution in [0.5, 0.6) is 0 Å². The highest BCUT2D eigenvalue weighted by Gasteiger charge is 2.44. The first-order valence-electron chi connectivity index (χ1n) is 5.38.